The fourth-order valence-corrected chi connectivity index (χ4v) is 12.4. The highest BCUT2D eigenvalue weighted by atomic mass is 16.4. The minimum atomic E-state index is -1.87. The van der Waals surface area contributed by atoms with Crippen molar-refractivity contribution >= 4 is 130 Å². The van der Waals surface area contributed by atoms with Crippen LogP contribution >= 0.6 is 0 Å². The number of aliphatic carboxylic acids is 1. The smallest absolute Gasteiger partial charge is 0.328 e. The molecule has 2 heterocycles. The van der Waals surface area contributed by atoms with E-state index < -0.39 is 297 Å². The molecule has 0 radical (unpaired) electrons. The molecule has 0 spiro atoms. The summed E-state index contributed by atoms with van der Waals surface area (Å²) in [7, 11) is 0. The average molecular weight is 1850 g/mol. The van der Waals surface area contributed by atoms with Crippen LogP contribution in [0.4, 0.5) is 0 Å². The second-order valence-electron chi connectivity index (χ2n) is 32.8. The van der Waals surface area contributed by atoms with Crippen LogP contribution in [0.2, 0.25) is 0 Å². The highest BCUT2D eigenvalue weighted by molar-refractivity contribution is 6.02. The second-order valence-corrected chi connectivity index (χ2v) is 32.8. The molecule has 0 saturated carbocycles. The summed E-state index contributed by atoms with van der Waals surface area (Å²) in [5.74, 6) is -22.8. The number of carboxylic acid groups (broad SMARTS) is 1. The van der Waals surface area contributed by atoms with Gasteiger partial charge in [-0.3, -0.25) is 101 Å². The van der Waals surface area contributed by atoms with Gasteiger partial charge in [0.1, 0.15) is 96.7 Å². The number of hydrogen-bond donors (Lipinski definition) is 28. The zero-order chi connectivity index (χ0) is 98.8. The quantitative estimate of drug-likeness (QED) is 0.0164. The predicted molar refractivity (Wildman–Crippen MR) is 459 cm³/mol. The number of aliphatic hydroxyl groups is 4. The van der Waals surface area contributed by atoms with Crippen LogP contribution < -0.4 is 119 Å². The number of H-pyrrole nitrogens is 1. The molecule has 1 fully saturated rings. The van der Waals surface area contributed by atoms with Gasteiger partial charge in [0.2, 0.25) is 118 Å². The number of guanidine groups is 1. The number of nitrogens with two attached hydrogens (primary N) is 4. The van der Waals surface area contributed by atoms with Gasteiger partial charge in [0.15, 0.2) is 5.96 Å². The Morgan fingerprint density at radius 3 is 1.29 bits per heavy atom. The fraction of sp³-hybridized carbons (Fsp3) is 0.679. The number of aromatic amines is 1. The van der Waals surface area contributed by atoms with Crippen LogP contribution in [-0.2, 0) is 107 Å². The van der Waals surface area contributed by atoms with E-state index in [1.54, 1.807) is 55.4 Å². The SMILES string of the molecule is CC(C)C[C@H](NC(=O)CNC(=O)[C@H](C)NC(=O)[C@@H](NC(=O)CNC(=O)[C@H](C)NC(=O)[C@@H](NC(=O)[C@H](Cc1c[nH]cn1)NC(=O)[C@@H]1CCCN1C(=O)[C@@H](NC(=O)[C@H](C)N)[C@@H](C)O)C(C)C)C(C)C)C(=O)N[C@@H](CC(C)C)C(=O)N[C@@H](C)C(=O)N[C@@H](CO)C(=O)N[C@@H](CCC(N)=O)C(=O)NCC(=O)N[C@@H](CCCN=C(N)N)C(=O)N[C@@H](CO)C(=O)N[C@@H](C)C(=O)N[C@@H](CO)C(=O)O. The Bertz CT molecular complexity index is 4110. The van der Waals surface area contributed by atoms with Crippen molar-refractivity contribution in [3.63, 3.8) is 0 Å². The molecule has 0 aliphatic carbocycles. The number of carbonyl (C=O) groups is 21. The lowest BCUT2D eigenvalue weighted by Gasteiger charge is -2.31. The summed E-state index contributed by atoms with van der Waals surface area (Å²) < 4.78 is 0. The number of primary amides is 1. The topological polar surface area (TPSA) is 825 Å². The molecule has 0 aromatic carbocycles. The number of aliphatic hydroxyl groups excluding tert-OH is 4. The Kier molecular flexibility index (Phi) is 49.2. The lowest BCUT2D eigenvalue weighted by molar-refractivity contribution is -0.144. The minimum Gasteiger partial charge on any atom is -0.480 e. The number of hydrogen-bond acceptors (Lipinski definition) is 28. The minimum absolute atomic E-state index is 0.00214. The highest BCUT2D eigenvalue weighted by Crippen LogP contribution is 2.21. The monoisotopic (exact) mass is 1850 g/mol. The third-order valence-electron chi connectivity index (χ3n) is 19.7. The molecule has 32 N–H and O–H groups in total. The third kappa shape index (κ3) is 40.2. The largest absolute Gasteiger partial charge is 0.480 e. The van der Waals surface area contributed by atoms with Crippen molar-refractivity contribution in [3.8, 4) is 0 Å². The number of amides is 20. The van der Waals surface area contributed by atoms with Gasteiger partial charge in [0.05, 0.1) is 63.6 Å². The summed E-state index contributed by atoms with van der Waals surface area (Å²) in [5, 5.41) is 91.8. The van der Waals surface area contributed by atoms with Crippen LogP contribution in [0.15, 0.2) is 17.5 Å². The van der Waals surface area contributed by atoms with Crippen molar-refractivity contribution in [1.82, 2.24) is 111 Å². The van der Waals surface area contributed by atoms with Gasteiger partial charge in [-0.15, -0.1) is 0 Å². The van der Waals surface area contributed by atoms with Crippen molar-refractivity contribution < 1.29 is 126 Å². The molecule has 130 heavy (non-hydrogen) atoms. The zero-order valence-electron chi connectivity index (χ0n) is 75.3. The number of imidazole rings is 1. The summed E-state index contributed by atoms with van der Waals surface area (Å²) in [6.45, 7) is 15.0. The average Bonchev–Trinajstić information content (AvgIpc) is 1.66. The molecule has 1 aliphatic rings. The van der Waals surface area contributed by atoms with E-state index >= 15 is 0 Å². The second kappa shape index (κ2) is 56.5. The summed E-state index contributed by atoms with van der Waals surface area (Å²) in [4.78, 5) is 292. The highest BCUT2D eigenvalue weighted by Gasteiger charge is 2.43. The number of likely N-dealkylation sites (tertiary alicyclic amines) is 1. The number of aromatic nitrogens is 2. The van der Waals surface area contributed by atoms with Crippen LogP contribution in [0, 0.1) is 23.7 Å². The summed E-state index contributed by atoms with van der Waals surface area (Å²) in [5.41, 5.74) is 22.1. The van der Waals surface area contributed by atoms with E-state index in [9.17, 15) is 121 Å². The number of carbonyl (C=O) groups excluding carboxylic acids is 20. The first kappa shape index (κ1) is 113. The van der Waals surface area contributed by atoms with Gasteiger partial charge in [-0.25, -0.2) is 9.78 Å². The van der Waals surface area contributed by atoms with Gasteiger partial charge in [0, 0.05) is 32.1 Å². The van der Waals surface area contributed by atoms with Crippen LogP contribution in [0.25, 0.3) is 0 Å². The van der Waals surface area contributed by atoms with E-state index in [-0.39, 0.29) is 69.4 Å². The molecule has 1 aromatic heterocycles. The number of carboxylic acids is 1. The molecule has 730 valence electrons. The van der Waals surface area contributed by atoms with Crippen molar-refractivity contribution in [3.05, 3.63) is 18.2 Å². The molecular formula is C78H132N26O26. The maximum Gasteiger partial charge on any atom is 0.328 e. The van der Waals surface area contributed by atoms with Crippen LogP contribution in [0.1, 0.15) is 154 Å². The molecule has 1 saturated heterocycles. The normalized spacial score (nSPS) is 16.3. The van der Waals surface area contributed by atoms with E-state index in [4.69, 9.17) is 28.0 Å². The Balaban J connectivity index is 2.10. The molecule has 18 atom stereocenters. The molecule has 0 bridgehead atoms. The molecule has 1 aromatic rings. The van der Waals surface area contributed by atoms with E-state index in [0.29, 0.717) is 12.1 Å². The molecule has 20 amide bonds. The molecule has 0 unspecified atom stereocenters. The molecule has 52 nitrogen and oxygen atoms in total. The Morgan fingerprint density at radius 2 is 0.838 bits per heavy atom. The van der Waals surface area contributed by atoms with Crippen molar-refractivity contribution in [1.29, 1.82) is 0 Å². The van der Waals surface area contributed by atoms with Crippen molar-refractivity contribution in [2.75, 3.05) is 52.5 Å². The Labute approximate surface area is 750 Å². The predicted octanol–water partition coefficient (Wildman–Crippen LogP) is -12.8. The van der Waals surface area contributed by atoms with Gasteiger partial charge < -0.3 is 154 Å². The molecule has 52 heteroatoms. The molecule has 1 aliphatic heterocycles. The van der Waals surface area contributed by atoms with Gasteiger partial charge in [-0.2, -0.15) is 0 Å². The van der Waals surface area contributed by atoms with Crippen LogP contribution in [-0.4, -0.2) is 332 Å². The Morgan fingerprint density at radius 1 is 0.446 bits per heavy atom. The van der Waals surface area contributed by atoms with E-state index in [1.807, 2.05) is 5.32 Å². The van der Waals surface area contributed by atoms with Crippen molar-refractivity contribution in [2.45, 2.75) is 264 Å². The van der Waals surface area contributed by atoms with E-state index in [2.05, 4.69) is 105 Å². The van der Waals surface area contributed by atoms with Gasteiger partial charge in [-0.1, -0.05) is 55.4 Å². The Hall–Kier alpha value is -12.8. The number of rotatable bonds is 57. The van der Waals surface area contributed by atoms with Crippen LogP contribution in [0.5, 0.6) is 0 Å². The first-order chi connectivity index (χ1) is 60.8. The summed E-state index contributed by atoms with van der Waals surface area (Å²) in [6, 6.07) is -24.7. The number of nitrogens with one attached hydrogen (secondary N) is 19. The van der Waals surface area contributed by atoms with Crippen molar-refractivity contribution in [2.24, 2.45) is 51.6 Å². The number of aliphatic imine (C=N–C) groups is 1. The van der Waals surface area contributed by atoms with Gasteiger partial charge in [-0.05, 0) is 110 Å². The lowest BCUT2D eigenvalue weighted by atomic mass is 10.00. The number of nitrogens with zero attached hydrogens (tertiary/aromatic N) is 3. The van der Waals surface area contributed by atoms with Gasteiger partial charge in [0.25, 0.3) is 0 Å². The van der Waals surface area contributed by atoms with E-state index in [1.165, 1.54) is 52.0 Å². The van der Waals surface area contributed by atoms with Gasteiger partial charge >= 0.3 is 5.97 Å². The standard InChI is InChI=1S/C78H132N26O26/c1-34(2)23-47(69(121)96-48(24-35(3)4)68(120)89-41(12)64(116)98-51(31-106)72(124)95-46(19-20-54(80)109)66(118)87-28-55(110)93-45(17-15-21-84-78(81)82)67(119)99-50(30-105)71(123)90-42(13)65(117)100-52(32-107)77(129)130)94-56(111)27-85-62(114)39(10)91-74(126)58(36(5)6)101-57(112)29-86-63(115)40(11)92-75(127)59(37(7)8)102-70(122)49(25-44-26-83-33-88-44)97-73(125)53-18-16-22-104(53)76(128)60(43(14)108)103-61(113)38(9)79/h26,33-43,45-53,58-60,105-108H,15-25,27-32,79H2,1-14H3,(H2,80,109)(H,83,88)(H,85,114)(H,86,115)(H,87,118)(H,89,120)(H,90,123)(H,91,126)(H,92,127)(H,93,110)(H,94,111)(H,95,124)(H,96,121)(H,97,125)(H,98,116)(H,99,119)(H,100,117)(H,101,112)(H,102,122)(H,103,113)(H,129,130)(H4,81,82,84)/t38-,39-,40-,41-,42-,43+,45-,46-,47-,48-,49-,50-,51-,52-,53-,58-,59-,60-/m0/s1. The molecule has 2 rings (SSSR count). The van der Waals surface area contributed by atoms with Crippen LogP contribution in [0.3, 0.4) is 0 Å². The maximum atomic E-state index is 14.1. The first-order valence-electron chi connectivity index (χ1n) is 42.2. The summed E-state index contributed by atoms with van der Waals surface area (Å²) in [6.07, 6.45) is 0.359. The maximum absolute atomic E-state index is 14.1. The third-order valence-corrected chi connectivity index (χ3v) is 19.7. The fourth-order valence-electron chi connectivity index (χ4n) is 12.4. The molecular weight excluding hydrogens is 1720 g/mol. The first-order valence-corrected chi connectivity index (χ1v) is 42.2. The summed E-state index contributed by atoms with van der Waals surface area (Å²) >= 11 is 0. The lowest BCUT2D eigenvalue weighted by Crippen LogP contribution is -2.61. The van der Waals surface area contributed by atoms with E-state index in [0.717, 1.165) is 6.92 Å². The zero-order valence-corrected chi connectivity index (χ0v) is 75.3.